The maximum Gasteiger partial charge on any atom is 0.573 e. The molecule has 0 aliphatic carbocycles. The maximum absolute atomic E-state index is 12.1. The summed E-state index contributed by atoms with van der Waals surface area (Å²) in [6, 6.07) is 13.6. The Morgan fingerprint density at radius 1 is 1.04 bits per heavy atom. The van der Waals surface area contributed by atoms with Crippen LogP contribution in [0.15, 0.2) is 59.0 Å². The zero-order valence-corrected chi connectivity index (χ0v) is 11.6. The molecule has 2 aromatic carbocycles. The van der Waals surface area contributed by atoms with Gasteiger partial charge in [-0.1, -0.05) is 18.2 Å². The number of furan rings is 1. The SMILES string of the molecule is O=C(Nc1ccc(OC(F)(F)F)cc1)c1cc2ccccc2o1. The number of para-hydroxylation sites is 1. The molecule has 0 radical (unpaired) electrons. The smallest absolute Gasteiger partial charge is 0.451 e. The van der Waals surface area contributed by atoms with Gasteiger partial charge in [-0.3, -0.25) is 4.79 Å². The third-order valence-electron chi connectivity index (χ3n) is 3.00. The van der Waals surface area contributed by atoms with Crippen molar-refractivity contribution in [2.24, 2.45) is 0 Å². The van der Waals surface area contributed by atoms with Gasteiger partial charge in [-0.25, -0.2) is 0 Å². The molecular weight excluding hydrogens is 311 g/mol. The third-order valence-corrected chi connectivity index (χ3v) is 3.00. The predicted molar refractivity (Wildman–Crippen MR) is 77.3 cm³/mol. The van der Waals surface area contributed by atoms with Gasteiger partial charge in [-0.05, 0) is 36.4 Å². The van der Waals surface area contributed by atoms with Crippen molar-refractivity contribution in [1.29, 1.82) is 0 Å². The molecule has 1 aromatic heterocycles. The normalized spacial score (nSPS) is 11.4. The van der Waals surface area contributed by atoms with Gasteiger partial charge >= 0.3 is 6.36 Å². The van der Waals surface area contributed by atoms with Crippen molar-refractivity contribution in [1.82, 2.24) is 0 Å². The Hall–Kier alpha value is -2.96. The van der Waals surface area contributed by atoms with Gasteiger partial charge < -0.3 is 14.5 Å². The lowest BCUT2D eigenvalue weighted by Gasteiger charge is -2.09. The second-order valence-corrected chi connectivity index (χ2v) is 4.67. The molecule has 0 saturated heterocycles. The summed E-state index contributed by atoms with van der Waals surface area (Å²) < 4.78 is 45.4. The molecule has 1 N–H and O–H groups in total. The van der Waals surface area contributed by atoms with Gasteiger partial charge in [-0.15, -0.1) is 13.2 Å². The number of anilines is 1. The van der Waals surface area contributed by atoms with Crippen molar-refractivity contribution < 1.29 is 27.1 Å². The molecule has 0 bridgehead atoms. The molecule has 0 aliphatic heterocycles. The van der Waals surface area contributed by atoms with Crippen molar-refractivity contribution in [2.45, 2.75) is 6.36 Å². The second kappa shape index (κ2) is 5.68. The molecule has 1 amide bonds. The molecule has 0 unspecified atom stereocenters. The highest BCUT2D eigenvalue weighted by Crippen LogP contribution is 2.24. The van der Waals surface area contributed by atoms with Crippen LogP contribution in [-0.2, 0) is 0 Å². The summed E-state index contributed by atoms with van der Waals surface area (Å²) in [4.78, 5) is 12.1. The highest BCUT2D eigenvalue weighted by atomic mass is 19.4. The molecule has 0 spiro atoms. The van der Waals surface area contributed by atoms with Crippen molar-refractivity contribution in [3.63, 3.8) is 0 Å². The van der Waals surface area contributed by atoms with Gasteiger partial charge in [0.15, 0.2) is 5.76 Å². The standard InChI is InChI=1S/C16H10F3NO3/c17-16(18,19)23-12-7-5-11(6-8-12)20-15(21)14-9-10-3-1-2-4-13(10)22-14/h1-9H,(H,20,21). The number of rotatable bonds is 3. The quantitative estimate of drug-likeness (QED) is 0.768. The fourth-order valence-corrected chi connectivity index (χ4v) is 2.03. The molecule has 118 valence electrons. The van der Waals surface area contributed by atoms with Crippen molar-refractivity contribution >= 4 is 22.6 Å². The number of fused-ring (bicyclic) bond motifs is 1. The summed E-state index contributed by atoms with van der Waals surface area (Å²) in [5, 5.41) is 3.32. The number of benzene rings is 2. The van der Waals surface area contributed by atoms with E-state index in [1.54, 1.807) is 24.3 Å². The number of hydrogen-bond acceptors (Lipinski definition) is 3. The number of carbonyl (C=O) groups is 1. The van der Waals surface area contributed by atoms with Crippen molar-refractivity contribution in [3.8, 4) is 5.75 Å². The van der Waals surface area contributed by atoms with Crippen LogP contribution in [-0.4, -0.2) is 12.3 Å². The minimum Gasteiger partial charge on any atom is -0.451 e. The van der Waals surface area contributed by atoms with Crippen LogP contribution in [0.5, 0.6) is 5.75 Å². The molecule has 0 saturated carbocycles. The van der Waals surface area contributed by atoms with Gasteiger partial charge in [0.05, 0.1) is 0 Å². The highest BCUT2D eigenvalue weighted by Gasteiger charge is 2.30. The van der Waals surface area contributed by atoms with Gasteiger partial charge in [0.2, 0.25) is 0 Å². The Kier molecular flexibility index (Phi) is 3.69. The Morgan fingerprint density at radius 2 is 1.74 bits per heavy atom. The summed E-state index contributed by atoms with van der Waals surface area (Å²) in [6.07, 6.45) is -4.75. The lowest BCUT2D eigenvalue weighted by Crippen LogP contribution is -2.17. The summed E-state index contributed by atoms with van der Waals surface area (Å²) in [7, 11) is 0. The third kappa shape index (κ3) is 3.63. The number of alkyl halides is 3. The molecule has 3 aromatic rings. The van der Waals surface area contributed by atoms with E-state index < -0.39 is 12.3 Å². The van der Waals surface area contributed by atoms with Crippen LogP contribution < -0.4 is 10.1 Å². The summed E-state index contributed by atoms with van der Waals surface area (Å²) in [5.74, 6) is -0.744. The molecule has 3 rings (SSSR count). The van der Waals surface area contributed by atoms with E-state index in [1.807, 2.05) is 6.07 Å². The van der Waals surface area contributed by atoms with E-state index in [0.29, 0.717) is 11.3 Å². The van der Waals surface area contributed by atoms with Gasteiger partial charge in [0, 0.05) is 11.1 Å². The van der Waals surface area contributed by atoms with E-state index in [2.05, 4.69) is 10.1 Å². The minimum absolute atomic E-state index is 0.113. The van der Waals surface area contributed by atoms with E-state index in [-0.39, 0.29) is 11.5 Å². The molecule has 7 heteroatoms. The lowest BCUT2D eigenvalue weighted by atomic mass is 10.2. The molecule has 0 fully saturated rings. The maximum atomic E-state index is 12.1. The van der Waals surface area contributed by atoms with Crippen LogP contribution in [0.2, 0.25) is 0 Å². The van der Waals surface area contributed by atoms with Crippen molar-refractivity contribution in [3.05, 3.63) is 60.4 Å². The molecule has 0 aliphatic rings. The van der Waals surface area contributed by atoms with Crippen LogP contribution >= 0.6 is 0 Å². The highest BCUT2D eigenvalue weighted by molar-refractivity contribution is 6.04. The second-order valence-electron chi connectivity index (χ2n) is 4.67. The topological polar surface area (TPSA) is 51.5 Å². The van der Waals surface area contributed by atoms with E-state index in [4.69, 9.17) is 4.42 Å². The number of ether oxygens (including phenoxy) is 1. The first kappa shape index (κ1) is 15.0. The first-order valence-corrected chi connectivity index (χ1v) is 6.56. The number of carbonyl (C=O) groups excluding carboxylic acids is 1. The van der Waals surface area contributed by atoms with Crippen LogP contribution in [0.4, 0.5) is 18.9 Å². The summed E-state index contributed by atoms with van der Waals surface area (Å²) in [6.45, 7) is 0. The average molecular weight is 321 g/mol. The number of halogens is 3. The zero-order valence-electron chi connectivity index (χ0n) is 11.6. The Morgan fingerprint density at radius 3 is 2.39 bits per heavy atom. The zero-order chi connectivity index (χ0) is 16.4. The fraction of sp³-hybridized carbons (Fsp3) is 0.0625. The molecule has 1 heterocycles. The number of hydrogen-bond donors (Lipinski definition) is 1. The first-order valence-electron chi connectivity index (χ1n) is 6.56. The van der Waals surface area contributed by atoms with Crippen LogP contribution in [0, 0.1) is 0 Å². The molecule has 4 nitrogen and oxygen atoms in total. The largest absolute Gasteiger partial charge is 0.573 e. The van der Waals surface area contributed by atoms with E-state index in [9.17, 15) is 18.0 Å². The van der Waals surface area contributed by atoms with Gasteiger partial charge in [0.1, 0.15) is 11.3 Å². The number of nitrogens with one attached hydrogen (secondary N) is 1. The summed E-state index contributed by atoms with van der Waals surface area (Å²) in [5.41, 5.74) is 0.900. The number of amides is 1. The van der Waals surface area contributed by atoms with E-state index in [1.165, 1.54) is 12.1 Å². The Labute approximate surface area is 128 Å². The summed E-state index contributed by atoms with van der Waals surface area (Å²) >= 11 is 0. The van der Waals surface area contributed by atoms with Gasteiger partial charge in [-0.2, -0.15) is 0 Å². The Balaban J connectivity index is 1.72. The monoisotopic (exact) mass is 321 g/mol. The first-order chi connectivity index (χ1) is 10.9. The predicted octanol–water partition coefficient (Wildman–Crippen LogP) is 4.58. The minimum atomic E-state index is -4.75. The lowest BCUT2D eigenvalue weighted by molar-refractivity contribution is -0.274. The van der Waals surface area contributed by atoms with Crippen LogP contribution in [0.1, 0.15) is 10.6 Å². The fourth-order valence-electron chi connectivity index (χ4n) is 2.03. The van der Waals surface area contributed by atoms with Crippen LogP contribution in [0.25, 0.3) is 11.0 Å². The Bertz CT molecular complexity index is 805. The molecule has 23 heavy (non-hydrogen) atoms. The molecule has 0 atom stereocenters. The van der Waals surface area contributed by atoms with Crippen LogP contribution in [0.3, 0.4) is 0 Å². The molecular formula is C16H10F3NO3. The van der Waals surface area contributed by atoms with Gasteiger partial charge in [0.25, 0.3) is 5.91 Å². The van der Waals surface area contributed by atoms with E-state index >= 15 is 0 Å². The van der Waals surface area contributed by atoms with E-state index in [0.717, 1.165) is 17.5 Å². The van der Waals surface area contributed by atoms with Crippen molar-refractivity contribution in [2.75, 3.05) is 5.32 Å². The average Bonchev–Trinajstić information content (AvgIpc) is 2.92.